The Morgan fingerprint density at radius 2 is 2.11 bits per heavy atom. The Balaban J connectivity index is 1.86. The number of primary amides is 1. The van der Waals surface area contributed by atoms with Gasteiger partial charge in [0.25, 0.3) is 0 Å². The van der Waals surface area contributed by atoms with Crippen LogP contribution in [0.2, 0.25) is 4.71 Å². The molecule has 1 aromatic carbocycles. The third-order valence-corrected chi connectivity index (χ3v) is 5.30. The zero-order chi connectivity index (χ0) is 20.3. The van der Waals surface area contributed by atoms with E-state index in [1.807, 2.05) is 42.1 Å². The van der Waals surface area contributed by atoms with Crippen LogP contribution in [0.1, 0.15) is 30.6 Å². The van der Waals surface area contributed by atoms with Crippen LogP contribution in [0.15, 0.2) is 36.7 Å². The van der Waals surface area contributed by atoms with E-state index in [-0.39, 0.29) is 5.56 Å². The average molecular weight is 440 g/mol. The second kappa shape index (κ2) is 8.65. The van der Waals surface area contributed by atoms with Crippen molar-refractivity contribution in [3.8, 4) is 0 Å². The number of aromatic nitrogens is 3. The summed E-state index contributed by atoms with van der Waals surface area (Å²) >= 11 is 2.68. The monoisotopic (exact) mass is 440 g/mol. The van der Waals surface area contributed by atoms with Crippen LogP contribution >= 0.6 is 0 Å². The topological polar surface area (TPSA) is 97.9 Å². The third-order valence-electron chi connectivity index (χ3n) is 4.47. The summed E-state index contributed by atoms with van der Waals surface area (Å²) in [4.78, 5) is 20.6. The number of anilines is 3. The molecule has 0 aliphatic heterocycles. The number of benzene rings is 1. The van der Waals surface area contributed by atoms with Gasteiger partial charge in [0.1, 0.15) is 0 Å². The summed E-state index contributed by atoms with van der Waals surface area (Å²) in [6, 6.07) is 7.97. The van der Waals surface area contributed by atoms with Gasteiger partial charge < -0.3 is 0 Å². The van der Waals surface area contributed by atoms with Crippen molar-refractivity contribution in [2.24, 2.45) is 18.7 Å². The number of rotatable bonds is 8. The molecule has 0 fully saturated rings. The number of aryl methyl sites for hydroxylation is 1. The van der Waals surface area contributed by atoms with E-state index in [2.05, 4.69) is 51.3 Å². The minimum absolute atomic E-state index is 0.254. The van der Waals surface area contributed by atoms with Crippen molar-refractivity contribution in [1.29, 1.82) is 0 Å². The molecule has 8 heteroatoms. The van der Waals surface area contributed by atoms with Gasteiger partial charge in [0.2, 0.25) is 0 Å². The summed E-state index contributed by atoms with van der Waals surface area (Å²) in [5.41, 5.74) is 7.72. The Morgan fingerprint density at radius 1 is 1.32 bits per heavy atom. The summed E-state index contributed by atoms with van der Waals surface area (Å²) in [5, 5.41) is 7.55. The number of nitrogens with one attached hydrogen (secondary N) is 2. The van der Waals surface area contributed by atoms with Gasteiger partial charge in [-0.2, -0.15) is 0 Å². The molecule has 1 unspecified atom stereocenters. The van der Waals surface area contributed by atoms with Crippen molar-refractivity contribution >= 4 is 51.1 Å². The second-order valence-electron chi connectivity index (χ2n) is 7.27. The predicted molar refractivity (Wildman–Crippen MR) is 114 cm³/mol. The van der Waals surface area contributed by atoms with Crippen molar-refractivity contribution in [1.82, 2.24) is 14.5 Å². The average Bonchev–Trinajstić information content (AvgIpc) is 3.02. The maximum absolute atomic E-state index is 11.9. The van der Waals surface area contributed by atoms with E-state index in [1.165, 1.54) is 6.20 Å². The molecule has 2 aromatic heterocycles. The van der Waals surface area contributed by atoms with Gasteiger partial charge in [-0.1, -0.05) is 0 Å². The molecule has 7 nitrogen and oxygen atoms in total. The van der Waals surface area contributed by atoms with Crippen molar-refractivity contribution in [2.45, 2.75) is 25.0 Å². The molecule has 2 radical (unpaired) electrons. The molecule has 0 aliphatic rings. The number of fused-ring (bicyclic) bond motifs is 1. The fourth-order valence-electron chi connectivity index (χ4n) is 3.12. The first-order valence-corrected chi connectivity index (χ1v) is 10.3. The Bertz CT molecular complexity index is 984. The van der Waals surface area contributed by atoms with Crippen LogP contribution in [0.5, 0.6) is 0 Å². The van der Waals surface area contributed by atoms with Gasteiger partial charge in [0.05, 0.1) is 0 Å². The molecule has 3 rings (SSSR count). The van der Waals surface area contributed by atoms with Gasteiger partial charge in [0, 0.05) is 0 Å². The summed E-state index contributed by atoms with van der Waals surface area (Å²) in [6.07, 6.45) is 4.55. The van der Waals surface area contributed by atoms with Crippen LogP contribution in [0.4, 0.5) is 17.5 Å². The Kier molecular flexibility index (Phi) is 6.24. The number of nitrogens with zero attached hydrogens (tertiary/aromatic N) is 3. The van der Waals surface area contributed by atoms with E-state index in [9.17, 15) is 4.79 Å². The molecular formula is C20H25AsN6O. The van der Waals surface area contributed by atoms with Gasteiger partial charge >= 0.3 is 174 Å². The number of nitrogens with two attached hydrogens (primary N) is 1. The summed E-state index contributed by atoms with van der Waals surface area (Å²) in [7, 11) is 1.99. The first kappa shape index (κ1) is 20.2. The zero-order valence-electron chi connectivity index (χ0n) is 16.3. The van der Waals surface area contributed by atoms with Crippen LogP contribution in [-0.2, 0) is 7.05 Å². The summed E-state index contributed by atoms with van der Waals surface area (Å²) in [5.74, 6) is 0.913. The molecule has 0 bridgehead atoms. The summed E-state index contributed by atoms with van der Waals surface area (Å²) in [6.45, 7) is 5.14. The Hall–Kier alpha value is -2.53. The summed E-state index contributed by atoms with van der Waals surface area (Å²) < 4.78 is 2.47. The molecule has 4 N–H and O–H groups in total. The SMILES string of the molecule is CC(C)CC([As])CNc1ncc(C(N)=O)c(Nc2cccc3c2ccn3C)n1. The standard InChI is InChI=1S/C20H25AsN6O/c1-12(2)9-13(21)10-23-20-24-11-15(18(22)28)19(26-20)25-16-5-4-6-17-14(16)7-8-27(17)3/h4-8,11-13H,9-10H2,1-3H3,(H2,22,28)(H2,23,24,25,26). The first-order valence-electron chi connectivity index (χ1n) is 9.25. The van der Waals surface area contributed by atoms with Crippen molar-refractivity contribution in [2.75, 3.05) is 17.2 Å². The molecule has 146 valence electrons. The van der Waals surface area contributed by atoms with E-state index in [4.69, 9.17) is 5.73 Å². The number of carbonyl (C=O) groups excluding carboxylic acids is 1. The molecular weight excluding hydrogens is 415 g/mol. The Morgan fingerprint density at radius 3 is 2.82 bits per heavy atom. The van der Waals surface area contributed by atoms with Gasteiger partial charge in [-0.15, -0.1) is 0 Å². The molecule has 0 saturated carbocycles. The molecule has 1 atom stereocenters. The molecule has 3 aromatic rings. The number of hydrogen-bond donors (Lipinski definition) is 3. The van der Waals surface area contributed by atoms with E-state index < -0.39 is 5.91 Å². The molecule has 0 spiro atoms. The first-order chi connectivity index (χ1) is 13.3. The minimum atomic E-state index is -0.570. The van der Waals surface area contributed by atoms with Crippen LogP contribution in [0, 0.1) is 5.92 Å². The number of hydrogen-bond acceptors (Lipinski definition) is 5. The van der Waals surface area contributed by atoms with Crippen molar-refractivity contribution < 1.29 is 4.79 Å². The van der Waals surface area contributed by atoms with E-state index >= 15 is 0 Å². The van der Waals surface area contributed by atoms with Gasteiger partial charge in [-0.05, 0) is 0 Å². The molecule has 0 aliphatic carbocycles. The third kappa shape index (κ3) is 4.65. The van der Waals surface area contributed by atoms with Crippen LogP contribution in [0.3, 0.4) is 0 Å². The van der Waals surface area contributed by atoms with Crippen LogP contribution in [0.25, 0.3) is 10.9 Å². The molecule has 1 amide bonds. The fourth-order valence-corrected chi connectivity index (χ4v) is 4.19. The van der Waals surface area contributed by atoms with Crippen LogP contribution in [-0.4, -0.2) is 43.8 Å². The van der Waals surface area contributed by atoms with Gasteiger partial charge in [-0.3, -0.25) is 0 Å². The number of amides is 1. The normalized spacial score (nSPS) is 12.3. The van der Waals surface area contributed by atoms with Crippen molar-refractivity contribution in [3.05, 3.63) is 42.2 Å². The quantitative estimate of drug-likeness (QED) is 0.468. The Labute approximate surface area is 173 Å². The predicted octanol–water partition coefficient (Wildman–Crippen LogP) is 3.23. The van der Waals surface area contributed by atoms with E-state index in [1.54, 1.807) is 0 Å². The van der Waals surface area contributed by atoms with Crippen LogP contribution < -0.4 is 16.4 Å². The second-order valence-corrected chi connectivity index (χ2v) is 8.81. The fraction of sp³-hybridized carbons (Fsp3) is 0.350. The molecule has 0 saturated heterocycles. The van der Waals surface area contributed by atoms with Crippen molar-refractivity contribution in [3.63, 3.8) is 0 Å². The maximum atomic E-state index is 11.9. The van der Waals surface area contributed by atoms with Gasteiger partial charge in [0.15, 0.2) is 0 Å². The van der Waals surface area contributed by atoms with Gasteiger partial charge in [-0.25, -0.2) is 0 Å². The zero-order valence-corrected chi connectivity index (χ0v) is 18.2. The number of carbonyl (C=O) groups is 1. The van der Waals surface area contributed by atoms with E-state index in [0.29, 0.717) is 22.4 Å². The molecule has 2 heterocycles. The molecule has 28 heavy (non-hydrogen) atoms. The van der Waals surface area contributed by atoms with E-state index in [0.717, 1.165) is 29.6 Å².